The summed E-state index contributed by atoms with van der Waals surface area (Å²) in [5, 5.41) is 0. The van der Waals surface area contributed by atoms with Crippen LogP contribution in [0.4, 0.5) is 0 Å². The molecule has 2 aliphatic carbocycles. The van der Waals surface area contributed by atoms with Crippen LogP contribution in [0, 0.1) is 5.92 Å². The molecule has 1 unspecified atom stereocenters. The Bertz CT molecular complexity index is 205. The van der Waals surface area contributed by atoms with E-state index in [-0.39, 0.29) is 0 Å². The lowest BCUT2D eigenvalue weighted by Crippen LogP contribution is -2.47. The van der Waals surface area contributed by atoms with Crippen LogP contribution in [-0.2, 0) is 0 Å². The van der Waals surface area contributed by atoms with E-state index in [4.69, 9.17) is 5.73 Å². The fourth-order valence-electron chi connectivity index (χ4n) is 3.58. The third-order valence-electron chi connectivity index (χ3n) is 4.61. The van der Waals surface area contributed by atoms with Gasteiger partial charge in [-0.2, -0.15) is 0 Å². The summed E-state index contributed by atoms with van der Waals surface area (Å²) in [6.45, 7) is 4.44. The molecule has 2 rings (SSSR count). The highest BCUT2D eigenvalue weighted by Gasteiger charge is 2.36. The zero-order valence-corrected chi connectivity index (χ0v) is 11.5. The largest absolute Gasteiger partial charge is 0.329 e. The molecule has 2 N–H and O–H groups in total. The predicted molar refractivity (Wildman–Crippen MR) is 74.1 cm³/mol. The molecule has 2 fully saturated rings. The van der Waals surface area contributed by atoms with Crippen LogP contribution in [0.3, 0.4) is 0 Å². The van der Waals surface area contributed by atoms with E-state index in [0.29, 0.717) is 6.04 Å². The molecule has 2 heteroatoms. The van der Waals surface area contributed by atoms with Gasteiger partial charge in [-0.1, -0.05) is 32.6 Å². The zero-order valence-electron chi connectivity index (χ0n) is 11.5. The van der Waals surface area contributed by atoms with E-state index in [1.807, 2.05) is 0 Å². The quantitative estimate of drug-likeness (QED) is 0.720. The molecule has 0 saturated heterocycles. The predicted octanol–water partition coefficient (Wildman–Crippen LogP) is 3.16. The van der Waals surface area contributed by atoms with Gasteiger partial charge in [-0.05, 0) is 44.6 Å². The van der Waals surface area contributed by atoms with Crippen molar-refractivity contribution < 1.29 is 0 Å². The lowest BCUT2D eigenvalue weighted by Gasteiger charge is -2.36. The third-order valence-corrected chi connectivity index (χ3v) is 4.61. The first-order valence-corrected chi connectivity index (χ1v) is 7.82. The summed E-state index contributed by atoms with van der Waals surface area (Å²) in [5.74, 6) is 0.884. The van der Waals surface area contributed by atoms with Crippen molar-refractivity contribution in [1.82, 2.24) is 4.90 Å². The van der Waals surface area contributed by atoms with Crippen molar-refractivity contribution in [3.05, 3.63) is 0 Å². The first-order chi connectivity index (χ1) is 8.36. The molecule has 2 nitrogen and oxygen atoms in total. The Balaban J connectivity index is 1.95. The summed E-state index contributed by atoms with van der Waals surface area (Å²) in [4.78, 5) is 2.76. The Kier molecular flexibility index (Phi) is 5.30. The molecule has 2 aliphatic rings. The first-order valence-electron chi connectivity index (χ1n) is 7.82. The number of rotatable bonds is 6. The highest BCUT2D eigenvalue weighted by molar-refractivity contribution is 4.92. The topological polar surface area (TPSA) is 29.3 Å². The van der Waals surface area contributed by atoms with Gasteiger partial charge in [0, 0.05) is 18.6 Å². The fourth-order valence-corrected chi connectivity index (χ4v) is 3.58. The van der Waals surface area contributed by atoms with Crippen molar-refractivity contribution in [1.29, 1.82) is 0 Å². The van der Waals surface area contributed by atoms with Crippen LogP contribution in [0.25, 0.3) is 0 Å². The molecule has 1 atom stereocenters. The first kappa shape index (κ1) is 13.4. The summed E-state index contributed by atoms with van der Waals surface area (Å²) in [6, 6.07) is 1.56. The van der Waals surface area contributed by atoms with Gasteiger partial charge in [-0.3, -0.25) is 4.90 Å². The van der Waals surface area contributed by atoms with E-state index >= 15 is 0 Å². The summed E-state index contributed by atoms with van der Waals surface area (Å²) in [7, 11) is 0. The maximum absolute atomic E-state index is 6.11. The van der Waals surface area contributed by atoms with E-state index in [2.05, 4.69) is 11.8 Å². The molecule has 0 heterocycles. The molecular formula is C15H30N2. The Morgan fingerprint density at radius 3 is 2.18 bits per heavy atom. The number of hydrogen-bond donors (Lipinski definition) is 1. The van der Waals surface area contributed by atoms with Crippen molar-refractivity contribution >= 4 is 0 Å². The SMILES string of the molecule is CCCN(C1CC1)C(CN)C1CCCCCC1. The molecule has 0 radical (unpaired) electrons. The third kappa shape index (κ3) is 3.69. The van der Waals surface area contributed by atoms with Gasteiger partial charge in [0.25, 0.3) is 0 Å². The highest BCUT2D eigenvalue weighted by Crippen LogP contribution is 2.34. The molecule has 0 aromatic heterocycles. The second kappa shape index (κ2) is 6.75. The van der Waals surface area contributed by atoms with Gasteiger partial charge in [0.2, 0.25) is 0 Å². The van der Waals surface area contributed by atoms with Crippen molar-refractivity contribution in [3.63, 3.8) is 0 Å². The van der Waals surface area contributed by atoms with Gasteiger partial charge in [0.1, 0.15) is 0 Å². The van der Waals surface area contributed by atoms with Crippen LogP contribution < -0.4 is 5.73 Å². The highest BCUT2D eigenvalue weighted by atomic mass is 15.2. The molecule has 0 spiro atoms. The lowest BCUT2D eigenvalue weighted by atomic mass is 9.90. The average molecular weight is 238 g/mol. The smallest absolute Gasteiger partial charge is 0.0249 e. The van der Waals surface area contributed by atoms with Gasteiger partial charge in [0.05, 0.1) is 0 Å². The van der Waals surface area contributed by atoms with Crippen LogP contribution in [-0.4, -0.2) is 30.1 Å². The van der Waals surface area contributed by atoms with Gasteiger partial charge in [-0.25, -0.2) is 0 Å². The Morgan fingerprint density at radius 1 is 1.06 bits per heavy atom. The Morgan fingerprint density at radius 2 is 1.71 bits per heavy atom. The minimum absolute atomic E-state index is 0.681. The van der Waals surface area contributed by atoms with E-state index in [0.717, 1.165) is 18.5 Å². The zero-order chi connectivity index (χ0) is 12.1. The number of nitrogens with two attached hydrogens (primary N) is 1. The number of nitrogens with zero attached hydrogens (tertiary/aromatic N) is 1. The summed E-state index contributed by atoms with van der Waals surface area (Å²) in [6.07, 6.45) is 12.7. The fraction of sp³-hybridized carbons (Fsp3) is 1.00. The van der Waals surface area contributed by atoms with Gasteiger partial charge in [-0.15, -0.1) is 0 Å². The van der Waals surface area contributed by atoms with Crippen LogP contribution in [0.2, 0.25) is 0 Å². The average Bonchev–Trinajstić information content (AvgIpc) is 3.17. The van der Waals surface area contributed by atoms with Crippen LogP contribution in [0.5, 0.6) is 0 Å². The molecule has 0 aromatic rings. The molecule has 0 bridgehead atoms. The van der Waals surface area contributed by atoms with Gasteiger partial charge < -0.3 is 5.73 Å². The molecule has 0 aliphatic heterocycles. The van der Waals surface area contributed by atoms with Crippen molar-refractivity contribution in [2.45, 2.75) is 76.8 Å². The maximum atomic E-state index is 6.11. The maximum Gasteiger partial charge on any atom is 0.0249 e. The Hall–Kier alpha value is -0.0800. The van der Waals surface area contributed by atoms with Crippen molar-refractivity contribution in [2.75, 3.05) is 13.1 Å². The standard InChI is InChI=1S/C15H30N2/c1-2-11-17(14-9-10-14)15(12-16)13-7-5-3-4-6-8-13/h13-15H,2-12,16H2,1H3. The van der Waals surface area contributed by atoms with Crippen molar-refractivity contribution in [2.24, 2.45) is 11.7 Å². The minimum atomic E-state index is 0.681. The summed E-state index contributed by atoms with van der Waals surface area (Å²) >= 11 is 0. The van der Waals surface area contributed by atoms with Gasteiger partial charge >= 0.3 is 0 Å². The van der Waals surface area contributed by atoms with Gasteiger partial charge in [0.15, 0.2) is 0 Å². The van der Waals surface area contributed by atoms with E-state index in [9.17, 15) is 0 Å². The normalized spacial score (nSPS) is 24.9. The van der Waals surface area contributed by atoms with Crippen LogP contribution in [0.15, 0.2) is 0 Å². The second-order valence-corrected chi connectivity index (χ2v) is 6.02. The van der Waals surface area contributed by atoms with E-state index in [1.165, 1.54) is 64.3 Å². The van der Waals surface area contributed by atoms with Crippen LogP contribution >= 0.6 is 0 Å². The molecule has 17 heavy (non-hydrogen) atoms. The summed E-state index contributed by atoms with van der Waals surface area (Å²) in [5.41, 5.74) is 6.11. The summed E-state index contributed by atoms with van der Waals surface area (Å²) < 4.78 is 0. The second-order valence-electron chi connectivity index (χ2n) is 6.02. The molecule has 0 aromatic carbocycles. The monoisotopic (exact) mass is 238 g/mol. The molecular weight excluding hydrogens is 208 g/mol. The molecule has 0 amide bonds. The van der Waals surface area contributed by atoms with E-state index in [1.54, 1.807) is 0 Å². The minimum Gasteiger partial charge on any atom is -0.329 e. The molecule has 2 saturated carbocycles. The lowest BCUT2D eigenvalue weighted by molar-refractivity contribution is 0.127. The number of hydrogen-bond acceptors (Lipinski definition) is 2. The van der Waals surface area contributed by atoms with E-state index < -0.39 is 0 Å². The van der Waals surface area contributed by atoms with Crippen LogP contribution in [0.1, 0.15) is 64.7 Å². The van der Waals surface area contributed by atoms with Crippen molar-refractivity contribution in [3.8, 4) is 0 Å². The Labute approximate surface area is 107 Å². The molecule has 100 valence electrons.